The third kappa shape index (κ3) is 2.93. The van der Waals surface area contributed by atoms with Gasteiger partial charge in [0.2, 0.25) is 0 Å². The van der Waals surface area contributed by atoms with Gasteiger partial charge in [-0.25, -0.2) is 0 Å². The van der Waals surface area contributed by atoms with E-state index in [0.29, 0.717) is 0 Å². The minimum Gasteiger partial charge on any atom is -0.347 e. The predicted molar refractivity (Wildman–Crippen MR) is 84.8 cm³/mol. The summed E-state index contributed by atoms with van der Waals surface area (Å²) in [5, 5.41) is 3.16. The summed E-state index contributed by atoms with van der Waals surface area (Å²) in [6, 6.07) is 20.8. The number of benzene rings is 2. The van der Waals surface area contributed by atoms with Crippen LogP contribution in [0.5, 0.6) is 0 Å². The Morgan fingerprint density at radius 2 is 1.50 bits per heavy atom. The van der Waals surface area contributed by atoms with Crippen LogP contribution in [0.15, 0.2) is 66.7 Å². The van der Waals surface area contributed by atoms with Crippen molar-refractivity contribution < 1.29 is 4.74 Å². The third-order valence-corrected chi connectivity index (χ3v) is 3.39. The fourth-order valence-corrected chi connectivity index (χ4v) is 2.43. The lowest BCUT2D eigenvalue weighted by atomic mass is 9.96. The highest BCUT2D eigenvalue weighted by Gasteiger charge is 2.28. The summed E-state index contributed by atoms with van der Waals surface area (Å²) in [4.78, 5) is 0. The lowest BCUT2D eigenvalue weighted by Gasteiger charge is -2.17. The molecule has 3 rings (SSSR count). The lowest BCUT2D eigenvalue weighted by Crippen LogP contribution is -2.23. The molecule has 2 unspecified atom stereocenters. The second kappa shape index (κ2) is 6.71. The maximum atomic E-state index is 6.06. The van der Waals surface area contributed by atoms with Crippen molar-refractivity contribution in [2.24, 2.45) is 0 Å². The van der Waals surface area contributed by atoms with E-state index in [4.69, 9.17) is 4.74 Å². The van der Waals surface area contributed by atoms with Gasteiger partial charge in [-0.05, 0) is 29.8 Å². The summed E-state index contributed by atoms with van der Waals surface area (Å²) in [6.45, 7) is 0. The summed E-state index contributed by atoms with van der Waals surface area (Å²) in [5.41, 5.74) is 3.63. The second-order valence-corrected chi connectivity index (χ2v) is 4.62. The summed E-state index contributed by atoms with van der Waals surface area (Å²) in [5.74, 6) is 0. The van der Waals surface area contributed by atoms with Crippen molar-refractivity contribution in [2.75, 3.05) is 7.05 Å². The Morgan fingerprint density at radius 1 is 0.900 bits per heavy atom. The number of hydrogen-bond acceptors (Lipinski definition) is 2. The molecule has 20 heavy (non-hydrogen) atoms. The summed E-state index contributed by atoms with van der Waals surface area (Å²) < 4.78 is 6.06. The Labute approximate surface area is 125 Å². The molecule has 0 spiro atoms. The van der Waals surface area contributed by atoms with Crippen LogP contribution in [0.4, 0.5) is 0 Å². The highest BCUT2D eigenvalue weighted by Crippen LogP contribution is 2.38. The molecule has 1 heterocycles. The molecule has 0 bridgehead atoms. The number of hydrogen-bond donors (Lipinski definition) is 1. The molecule has 104 valence electrons. The first-order chi connectivity index (χ1) is 9.38. The first-order valence-corrected chi connectivity index (χ1v) is 6.53. The molecule has 1 N–H and O–H groups in total. The largest absolute Gasteiger partial charge is 0.347 e. The van der Waals surface area contributed by atoms with Gasteiger partial charge in [-0.3, -0.25) is 5.32 Å². The van der Waals surface area contributed by atoms with Gasteiger partial charge in [-0.1, -0.05) is 60.7 Å². The zero-order valence-electron chi connectivity index (χ0n) is 11.3. The predicted octanol–water partition coefficient (Wildman–Crippen LogP) is 3.81. The number of nitrogens with one attached hydrogen (secondary N) is 1. The van der Waals surface area contributed by atoms with E-state index in [-0.39, 0.29) is 24.7 Å². The monoisotopic (exact) mass is 287 g/mol. The van der Waals surface area contributed by atoms with Crippen molar-refractivity contribution in [1.82, 2.24) is 5.32 Å². The minimum absolute atomic E-state index is 0. The molecule has 0 saturated heterocycles. The first kappa shape index (κ1) is 14.8. The van der Waals surface area contributed by atoms with Crippen molar-refractivity contribution in [3.63, 3.8) is 0 Å². The average molecular weight is 288 g/mol. The molecular formula is C17H18ClNO. The topological polar surface area (TPSA) is 21.3 Å². The molecule has 2 nitrogen and oxygen atoms in total. The van der Waals surface area contributed by atoms with Crippen LogP contribution in [-0.4, -0.2) is 13.3 Å². The highest BCUT2D eigenvalue weighted by molar-refractivity contribution is 5.85. The standard InChI is InChI=1S/C17H17NO.ClH/c1-18-16-12-15(13-8-4-2-5-9-13)17(19-16)14-10-6-3-7-11-14;/h2-12,16-18H,1H3;1H. The van der Waals surface area contributed by atoms with E-state index in [1.54, 1.807) is 0 Å². The molecule has 2 aromatic carbocycles. The van der Waals surface area contributed by atoms with Gasteiger partial charge >= 0.3 is 0 Å². The molecule has 0 fully saturated rings. The number of ether oxygens (including phenoxy) is 1. The molecule has 0 amide bonds. The summed E-state index contributed by atoms with van der Waals surface area (Å²) in [7, 11) is 1.91. The van der Waals surface area contributed by atoms with Gasteiger partial charge < -0.3 is 4.74 Å². The van der Waals surface area contributed by atoms with Crippen molar-refractivity contribution in [1.29, 1.82) is 0 Å². The van der Waals surface area contributed by atoms with Crippen LogP contribution >= 0.6 is 12.4 Å². The number of likely N-dealkylation sites (N-methyl/N-ethyl adjacent to an activating group) is 1. The van der Waals surface area contributed by atoms with Gasteiger partial charge in [0.15, 0.2) is 0 Å². The molecule has 0 aromatic heterocycles. The highest BCUT2D eigenvalue weighted by atomic mass is 35.5. The number of halogens is 1. The molecular weight excluding hydrogens is 270 g/mol. The molecule has 3 heteroatoms. The van der Waals surface area contributed by atoms with Gasteiger partial charge in [0, 0.05) is 0 Å². The molecule has 1 aliphatic heterocycles. The molecule has 2 aromatic rings. The Kier molecular flexibility index (Phi) is 4.96. The van der Waals surface area contributed by atoms with Crippen molar-refractivity contribution in [3.8, 4) is 0 Å². The van der Waals surface area contributed by atoms with E-state index < -0.39 is 0 Å². The van der Waals surface area contributed by atoms with Crippen molar-refractivity contribution in [3.05, 3.63) is 77.9 Å². The van der Waals surface area contributed by atoms with Gasteiger partial charge in [0.1, 0.15) is 12.3 Å². The molecule has 0 radical (unpaired) electrons. The third-order valence-electron chi connectivity index (χ3n) is 3.39. The Bertz CT molecular complexity index is 568. The van der Waals surface area contributed by atoms with Crippen LogP contribution in [0.1, 0.15) is 17.2 Å². The van der Waals surface area contributed by atoms with Gasteiger partial charge in [-0.2, -0.15) is 0 Å². The SMILES string of the molecule is CNC1C=C(c2ccccc2)C(c2ccccc2)O1.Cl. The fraction of sp³-hybridized carbons (Fsp3) is 0.176. The van der Waals surface area contributed by atoms with Gasteiger partial charge in [-0.15, -0.1) is 12.4 Å². The van der Waals surface area contributed by atoms with Crippen LogP contribution in [0.2, 0.25) is 0 Å². The molecule has 0 saturated carbocycles. The van der Waals surface area contributed by atoms with Crippen LogP contribution in [0.25, 0.3) is 5.57 Å². The first-order valence-electron chi connectivity index (χ1n) is 6.53. The number of rotatable bonds is 3. The van der Waals surface area contributed by atoms with Crippen molar-refractivity contribution >= 4 is 18.0 Å². The lowest BCUT2D eigenvalue weighted by molar-refractivity contribution is 0.0487. The Morgan fingerprint density at radius 3 is 2.10 bits per heavy atom. The zero-order chi connectivity index (χ0) is 13.1. The second-order valence-electron chi connectivity index (χ2n) is 4.62. The maximum absolute atomic E-state index is 6.06. The van der Waals surface area contributed by atoms with Crippen LogP contribution < -0.4 is 5.32 Å². The van der Waals surface area contributed by atoms with E-state index in [0.717, 1.165) is 0 Å². The maximum Gasteiger partial charge on any atom is 0.129 e. The minimum atomic E-state index is -0.0274. The smallest absolute Gasteiger partial charge is 0.129 e. The van der Waals surface area contributed by atoms with Crippen LogP contribution in [0.3, 0.4) is 0 Å². The molecule has 2 atom stereocenters. The quantitative estimate of drug-likeness (QED) is 0.927. The van der Waals surface area contributed by atoms with E-state index in [1.165, 1.54) is 16.7 Å². The van der Waals surface area contributed by atoms with Gasteiger partial charge in [0.25, 0.3) is 0 Å². The Hall–Kier alpha value is -1.61. The summed E-state index contributed by atoms with van der Waals surface area (Å²) in [6.07, 6.45) is 2.13. The Balaban J connectivity index is 0.00000147. The van der Waals surface area contributed by atoms with E-state index >= 15 is 0 Å². The van der Waals surface area contributed by atoms with E-state index in [1.807, 2.05) is 31.3 Å². The van der Waals surface area contributed by atoms with Gasteiger partial charge in [0.05, 0.1) is 0 Å². The zero-order valence-corrected chi connectivity index (χ0v) is 12.1. The average Bonchev–Trinajstić information content (AvgIpc) is 2.93. The summed E-state index contributed by atoms with van der Waals surface area (Å²) >= 11 is 0. The van der Waals surface area contributed by atoms with Crippen LogP contribution in [-0.2, 0) is 4.74 Å². The fourth-order valence-electron chi connectivity index (χ4n) is 2.43. The normalized spacial score (nSPS) is 21.1. The van der Waals surface area contributed by atoms with Crippen LogP contribution in [0, 0.1) is 0 Å². The van der Waals surface area contributed by atoms with E-state index in [9.17, 15) is 0 Å². The molecule has 1 aliphatic rings. The van der Waals surface area contributed by atoms with E-state index in [2.05, 4.69) is 47.8 Å². The van der Waals surface area contributed by atoms with Crippen molar-refractivity contribution in [2.45, 2.75) is 12.3 Å². The molecule has 0 aliphatic carbocycles.